The summed E-state index contributed by atoms with van der Waals surface area (Å²) in [5.41, 5.74) is 2.84. The van der Waals surface area contributed by atoms with Crippen molar-refractivity contribution in [1.29, 1.82) is 0 Å². The largest absolute Gasteiger partial charge is 0.387 e. The van der Waals surface area contributed by atoms with Crippen LogP contribution in [0.1, 0.15) is 49.1 Å². The minimum Gasteiger partial charge on any atom is -0.387 e. The molecule has 36 heavy (non-hydrogen) atoms. The Labute approximate surface area is 212 Å². The third-order valence-corrected chi connectivity index (χ3v) is 7.22. The Morgan fingerprint density at radius 2 is 1.92 bits per heavy atom. The fourth-order valence-electron chi connectivity index (χ4n) is 4.47. The Hall–Kier alpha value is -2.08. The number of halogens is 1. The van der Waals surface area contributed by atoms with Crippen molar-refractivity contribution < 1.29 is 34.0 Å². The molecule has 194 valence electrons. The highest BCUT2D eigenvalue weighted by atomic mass is 35.5. The van der Waals surface area contributed by atoms with Gasteiger partial charge in [-0.3, -0.25) is 4.57 Å². The van der Waals surface area contributed by atoms with E-state index in [9.17, 15) is 14.8 Å². The minimum absolute atomic E-state index is 0.00389. The minimum atomic E-state index is -4.37. The number of aliphatic hydroxyl groups is 2. The molecule has 1 aromatic carbocycles. The van der Waals surface area contributed by atoms with Crippen molar-refractivity contribution in [3.63, 3.8) is 0 Å². The quantitative estimate of drug-likeness (QED) is 0.202. The Morgan fingerprint density at radius 1 is 1.19 bits per heavy atom. The highest BCUT2D eigenvalue weighted by molar-refractivity contribution is 7.51. The van der Waals surface area contributed by atoms with Crippen molar-refractivity contribution in [2.45, 2.75) is 56.3 Å². The first kappa shape index (κ1) is 25.6. The number of aliphatic hydroxyl groups excluding tert-OH is 2. The van der Waals surface area contributed by atoms with Crippen molar-refractivity contribution in [3.05, 3.63) is 52.9 Å². The topological polar surface area (TPSA) is 159 Å². The molecule has 13 heteroatoms. The summed E-state index contributed by atoms with van der Waals surface area (Å²) in [4.78, 5) is 26.6. The number of hydrogen-bond acceptors (Lipinski definition) is 8. The monoisotopic (exact) mass is 538 g/mol. The van der Waals surface area contributed by atoms with Crippen LogP contribution in [0.3, 0.4) is 0 Å². The van der Waals surface area contributed by atoms with Gasteiger partial charge in [-0.05, 0) is 54.5 Å². The zero-order chi connectivity index (χ0) is 25.6. The molecule has 0 radical (unpaired) electrons. The summed E-state index contributed by atoms with van der Waals surface area (Å²) >= 11 is 6.23. The van der Waals surface area contributed by atoms with Gasteiger partial charge in [0.15, 0.2) is 6.23 Å². The molecule has 0 spiro atoms. The predicted octanol–water partition coefficient (Wildman–Crippen LogP) is 2.91. The first-order chi connectivity index (χ1) is 17.1. The van der Waals surface area contributed by atoms with Gasteiger partial charge in [0.05, 0.1) is 12.0 Å². The van der Waals surface area contributed by atoms with Crippen LogP contribution in [0.4, 0.5) is 5.82 Å². The molecule has 5 N–H and O–H groups in total. The van der Waals surface area contributed by atoms with Gasteiger partial charge in [0.1, 0.15) is 36.1 Å². The Balaban J connectivity index is 1.35. The van der Waals surface area contributed by atoms with Gasteiger partial charge in [0.2, 0.25) is 5.28 Å². The molecule has 0 bridgehead atoms. The number of rotatable bonds is 9. The molecule has 1 saturated carbocycles. The fraction of sp³-hybridized carbons (Fsp3) is 0.478. The average molecular weight is 539 g/mol. The molecule has 0 unspecified atom stereocenters. The second-order valence-corrected chi connectivity index (χ2v) is 11.2. The molecule has 5 atom stereocenters. The van der Waals surface area contributed by atoms with Crippen LogP contribution in [0.25, 0.3) is 11.0 Å². The summed E-state index contributed by atoms with van der Waals surface area (Å²) in [7, 11) is -4.37. The van der Waals surface area contributed by atoms with E-state index in [-0.39, 0.29) is 17.9 Å². The van der Waals surface area contributed by atoms with Crippen LogP contribution in [0.2, 0.25) is 5.28 Å². The summed E-state index contributed by atoms with van der Waals surface area (Å²) < 4.78 is 23.3. The van der Waals surface area contributed by atoms with Crippen molar-refractivity contribution in [2.24, 2.45) is 0 Å². The Bertz CT molecular complexity index is 1280. The van der Waals surface area contributed by atoms with Crippen LogP contribution in [-0.4, -0.2) is 65.8 Å². The van der Waals surface area contributed by atoms with Gasteiger partial charge in [0, 0.05) is 12.2 Å². The van der Waals surface area contributed by atoms with Gasteiger partial charge in [-0.2, -0.15) is 4.98 Å². The lowest BCUT2D eigenvalue weighted by atomic mass is 10.0. The highest BCUT2D eigenvalue weighted by Gasteiger charge is 2.44. The van der Waals surface area contributed by atoms with E-state index in [2.05, 4.69) is 39.6 Å². The van der Waals surface area contributed by atoms with E-state index in [0.717, 1.165) is 5.56 Å². The van der Waals surface area contributed by atoms with Gasteiger partial charge in [-0.1, -0.05) is 24.3 Å². The van der Waals surface area contributed by atoms with Crippen molar-refractivity contribution in [1.82, 2.24) is 14.5 Å². The molecule has 2 aliphatic rings. The van der Waals surface area contributed by atoms with Crippen molar-refractivity contribution in [3.8, 4) is 0 Å². The van der Waals surface area contributed by atoms with Gasteiger partial charge in [-0.25, -0.2) is 4.98 Å². The van der Waals surface area contributed by atoms with Gasteiger partial charge < -0.3 is 39.4 Å². The molecular formula is C23H28ClN4O7P. The number of hydrogen-bond donors (Lipinski definition) is 5. The molecule has 1 saturated heterocycles. The highest BCUT2D eigenvalue weighted by Crippen LogP contribution is 2.40. The average Bonchev–Trinajstić information content (AvgIpc) is 3.54. The molecule has 11 nitrogen and oxygen atoms in total. The molecular weight excluding hydrogens is 511 g/mol. The molecule has 5 rings (SSSR count). The van der Waals surface area contributed by atoms with Crippen LogP contribution in [0.5, 0.6) is 0 Å². The van der Waals surface area contributed by atoms with Gasteiger partial charge in [0.25, 0.3) is 0 Å². The van der Waals surface area contributed by atoms with Crippen molar-refractivity contribution in [2.75, 3.05) is 18.3 Å². The number of fused-ring (bicyclic) bond motifs is 1. The lowest BCUT2D eigenvalue weighted by Crippen LogP contribution is -2.33. The number of anilines is 1. The van der Waals surface area contributed by atoms with E-state index >= 15 is 0 Å². The lowest BCUT2D eigenvalue weighted by Gasteiger charge is -2.19. The summed E-state index contributed by atoms with van der Waals surface area (Å²) in [6, 6.07) is 10.2. The predicted molar refractivity (Wildman–Crippen MR) is 132 cm³/mol. The van der Waals surface area contributed by atoms with Gasteiger partial charge in [-0.15, -0.1) is 0 Å². The number of ether oxygens (including phenoxy) is 2. The number of nitrogens with zero attached hydrogens (tertiary/aromatic N) is 3. The third kappa shape index (κ3) is 5.44. The molecule has 3 heterocycles. The first-order valence-corrected chi connectivity index (χ1v) is 13.8. The second-order valence-electron chi connectivity index (χ2n) is 9.32. The summed E-state index contributed by atoms with van der Waals surface area (Å²) in [5, 5.41) is 25.1. The van der Waals surface area contributed by atoms with Crippen LogP contribution < -0.4 is 5.32 Å². The van der Waals surface area contributed by atoms with E-state index in [1.807, 2.05) is 6.92 Å². The normalized spacial score (nSPS) is 25.4. The number of aromatic nitrogens is 3. The smallest absolute Gasteiger partial charge is 0.350 e. The Morgan fingerprint density at radius 3 is 2.58 bits per heavy atom. The zero-order valence-electron chi connectivity index (χ0n) is 19.4. The molecule has 0 amide bonds. The SMILES string of the molecule is C[C@H](Nc1nc(Cl)nc2c1ccn2[C@@H]1O[C@H](COCP(=O)(O)O)[C@@H](O)[C@H]1O)c1ccc(C2CC2)cc1. The van der Waals surface area contributed by atoms with E-state index in [1.54, 1.807) is 16.8 Å². The fourth-order valence-corrected chi connectivity index (χ4v) is 4.98. The molecule has 1 aliphatic carbocycles. The van der Waals surface area contributed by atoms with Crippen LogP contribution in [0.15, 0.2) is 36.5 Å². The van der Waals surface area contributed by atoms with Crippen LogP contribution >= 0.6 is 19.2 Å². The second kappa shape index (κ2) is 10.00. The van der Waals surface area contributed by atoms with E-state index in [4.69, 9.17) is 30.9 Å². The molecule has 1 aliphatic heterocycles. The maximum atomic E-state index is 11.0. The summed E-state index contributed by atoms with van der Waals surface area (Å²) in [6.07, 6.45) is -1.36. The molecule has 2 aromatic heterocycles. The maximum absolute atomic E-state index is 11.0. The van der Waals surface area contributed by atoms with Crippen LogP contribution in [-0.2, 0) is 14.0 Å². The maximum Gasteiger partial charge on any atom is 0.350 e. The number of nitrogens with one attached hydrogen (secondary N) is 1. The first-order valence-electron chi connectivity index (χ1n) is 11.6. The number of benzene rings is 1. The third-order valence-electron chi connectivity index (χ3n) is 6.54. The van der Waals surface area contributed by atoms with Gasteiger partial charge >= 0.3 is 7.60 Å². The summed E-state index contributed by atoms with van der Waals surface area (Å²) in [6.45, 7) is 1.71. The van der Waals surface area contributed by atoms with E-state index in [1.165, 1.54) is 18.4 Å². The van der Waals surface area contributed by atoms with E-state index in [0.29, 0.717) is 22.8 Å². The molecule has 3 aromatic rings. The lowest BCUT2D eigenvalue weighted by molar-refractivity contribution is -0.0610. The van der Waals surface area contributed by atoms with E-state index < -0.39 is 38.5 Å². The standard InChI is InChI=1S/C23H28ClN4O7P/c1-12(13-2-4-14(5-3-13)15-6-7-15)25-20-16-8-9-28(21(16)27-23(24)26-20)22-19(30)18(29)17(35-22)10-34-11-36(31,32)33/h2-5,8-9,12,15,17-19,22,29-30H,6-7,10-11H2,1H3,(H,25,26,27)(H2,31,32,33)/t12-,17+,18+,19+,22+/m0/s1. The molecule has 2 fully saturated rings. The Kier molecular flexibility index (Phi) is 7.10. The van der Waals surface area contributed by atoms with Crippen LogP contribution in [0, 0.1) is 0 Å². The summed E-state index contributed by atoms with van der Waals surface area (Å²) in [5.74, 6) is 1.20. The van der Waals surface area contributed by atoms with Crippen molar-refractivity contribution >= 4 is 36.0 Å². The zero-order valence-corrected chi connectivity index (χ0v) is 21.1.